The van der Waals surface area contributed by atoms with Crippen LogP contribution in [0.2, 0.25) is 0 Å². The molecular formula is C14H23NO5S. The van der Waals surface area contributed by atoms with Crippen molar-refractivity contribution >= 4 is 22.7 Å². The average molecular weight is 317 g/mol. The monoisotopic (exact) mass is 317 g/mol. The normalized spacial score (nSPS) is 27.2. The summed E-state index contributed by atoms with van der Waals surface area (Å²) in [5, 5.41) is 11.4. The number of rotatable bonds is 5. The number of carbonyl (C=O) groups is 2. The van der Waals surface area contributed by atoms with Crippen molar-refractivity contribution in [2.75, 3.05) is 12.4 Å². The van der Waals surface area contributed by atoms with Crippen LogP contribution in [0.4, 0.5) is 0 Å². The van der Waals surface area contributed by atoms with E-state index >= 15 is 0 Å². The Bertz CT molecular complexity index is 433. The van der Waals surface area contributed by atoms with E-state index in [0.717, 1.165) is 32.1 Å². The van der Waals surface area contributed by atoms with Crippen molar-refractivity contribution in [1.82, 2.24) is 5.32 Å². The summed E-state index contributed by atoms with van der Waals surface area (Å²) in [4.78, 5) is 22.2. The lowest BCUT2D eigenvalue weighted by atomic mass is 9.92. The minimum atomic E-state index is -1.27. The van der Waals surface area contributed by atoms with E-state index in [2.05, 4.69) is 5.32 Å². The van der Waals surface area contributed by atoms with Crippen LogP contribution in [-0.2, 0) is 25.1 Å². The van der Waals surface area contributed by atoms with Crippen molar-refractivity contribution in [2.24, 2.45) is 0 Å². The maximum absolute atomic E-state index is 12.5. The molecule has 2 rings (SSSR count). The molecule has 0 aromatic heterocycles. The standard InChI is InChI=1S/C14H23NO5S/c1-10(16)15-12(13(17)18)9-21(19)11-4-7-20-14(8-11)5-2-3-6-14/h11-12H,2-9H2,1H3,(H,15,16)(H,17,18). The van der Waals surface area contributed by atoms with Gasteiger partial charge in [-0.25, -0.2) is 4.79 Å². The third-order valence-corrected chi connectivity index (χ3v) is 6.15. The molecule has 1 aliphatic carbocycles. The molecule has 1 saturated heterocycles. The van der Waals surface area contributed by atoms with Crippen molar-refractivity contribution in [3.63, 3.8) is 0 Å². The van der Waals surface area contributed by atoms with Gasteiger partial charge in [0.1, 0.15) is 6.04 Å². The highest BCUT2D eigenvalue weighted by Gasteiger charge is 2.42. The summed E-state index contributed by atoms with van der Waals surface area (Å²) < 4.78 is 18.4. The fourth-order valence-electron chi connectivity index (χ4n) is 3.30. The lowest BCUT2D eigenvalue weighted by Gasteiger charge is -2.38. The van der Waals surface area contributed by atoms with E-state index in [1.807, 2.05) is 0 Å². The minimum absolute atomic E-state index is 0.0321. The number of nitrogens with one attached hydrogen (secondary N) is 1. The van der Waals surface area contributed by atoms with E-state index in [1.165, 1.54) is 6.92 Å². The second-order valence-corrected chi connectivity index (χ2v) is 7.75. The van der Waals surface area contributed by atoms with Crippen LogP contribution in [0, 0.1) is 0 Å². The predicted octanol–water partition coefficient (Wildman–Crippen LogP) is 0.816. The van der Waals surface area contributed by atoms with Gasteiger partial charge in [-0.2, -0.15) is 0 Å². The molecule has 0 radical (unpaired) electrons. The van der Waals surface area contributed by atoms with Gasteiger partial charge in [0, 0.05) is 29.6 Å². The number of amides is 1. The van der Waals surface area contributed by atoms with Gasteiger partial charge < -0.3 is 15.2 Å². The second kappa shape index (κ2) is 6.87. The van der Waals surface area contributed by atoms with Gasteiger partial charge >= 0.3 is 5.97 Å². The van der Waals surface area contributed by atoms with Gasteiger partial charge in [0.25, 0.3) is 0 Å². The lowest BCUT2D eigenvalue weighted by Crippen LogP contribution is -2.47. The molecular weight excluding hydrogens is 294 g/mol. The first kappa shape index (κ1) is 16.4. The first-order valence-corrected chi connectivity index (χ1v) is 8.81. The number of aliphatic carboxylic acids is 1. The second-order valence-electron chi connectivity index (χ2n) is 5.99. The van der Waals surface area contributed by atoms with Gasteiger partial charge in [0.2, 0.25) is 5.91 Å². The smallest absolute Gasteiger partial charge is 0.327 e. The lowest BCUT2D eigenvalue weighted by molar-refractivity contribution is -0.140. The Morgan fingerprint density at radius 2 is 2.10 bits per heavy atom. The van der Waals surface area contributed by atoms with E-state index in [0.29, 0.717) is 13.0 Å². The number of hydrogen-bond acceptors (Lipinski definition) is 4. The first-order chi connectivity index (χ1) is 9.92. The molecule has 120 valence electrons. The van der Waals surface area contributed by atoms with Gasteiger partial charge in [-0.3, -0.25) is 9.00 Å². The molecule has 7 heteroatoms. The quantitative estimate of drug-likeness (QED) is 0.783. The Morgan fingerprint density at radius 1 is 1.43 bits per heavy atom. The Labute approximate surface area is 127 Å². The Balaban J connectivity index is 1.95. The highest BCUT2D eigenvalue weighted by atomic mass is 32.2. The van der Waals surface area contributed by atoms with Crippen molar-refractivity contribution in [3.05, 3.63) is 0 Å². The maximum atomic E-state index is 12.5. The molecule has 0 aromatic carbocycles. The molecule has 1 heterocycles. The number of carboxylic acids is 1. The molecule has 2 aliphatic rings. The van der Waals surface area contributed by atoms with Crippen LogP contribution in [0.3, 0.4) is 0 Å². The zero-order valence-corrected chi connectivity index (χ0v) is 13.1. The number of carboxylic acid groups (broad SMARTS) is 1. The summed E-state index contributed by atoms with van der Waals surface area (Å²) >= 11 is 0. The molecule has 0 aromatic rings. The van der Waals surface area contributed by atoms with Gasteiger partial charge in [0.05, 0.1) is 11.4 Å². The van der Waals surface area contributed by atoms with Crippen molar-refractivity contribution in [1.29, 1.82) is 0 Å². The first-order valence-electron chi connectivity index (χ1n) is 7.43. The highest BCUT2D eigenvalue weighted by molar-refractivity contribution is 7.85. The zero-order chi connectivity index (χ0) is 15.5. The maximum Gasteiger partial charge on any atom is 0.327 e. The molecule has 1 aliphatic heterocycles. The fourth-order valence-corrected chi connectivity index (χ4v) is 4.97. The van der Waals surface area contributed by atoms with Crippen molar-refractivity contribution < 1.29 is 23.6 Å². The van der Waals surface area contributed by atoms with Crippen LogP contribution in [0.15, 0.2) is 0 Å². The average Bonchev–Trinajstić information content (AvgIpc) is 2.85. The third kappa shape index (κ3) is 4.26. The summed E-state index contributed by atoms with van der Waals surface area (Å²) in [5.74, 6) is -1.59. The Hall–Kier alpha value is -0.950. The minimum Gasteiger partial charge on any atom is -0.480 e. The molecule has 6 nitrogen and oxygen atoms in total. The molecule has 3 atom stereocenters. The summed E-state index contributed by atoms with van der Waals surface area (Å²) in [5.41, 5.74) is -0.134. The summed E-state index contributed by atoms with van der Waals surface area (Å²) in [6, 6.07) is -1.08. The van der Waals surface area contributed by atoms with Crippen molar-refractivity contribution in [3.8, 4) is 0 Å². The molecule has 1 spiro atoms. The fraction of sp³-hybridized carbons (Fsp3) is 0.857. The van der Waals surface area contributed by atoms with E-state index < -0.39 is 28.7 Å². The van der Waals surface area contributed by atoms with Crippen LogP contribution in [0.5, 0.6) is 0 Å². The highest BCUT2D eigenvalue weighted by Crippen LogP contribution is 2.41. The van der Waals surface area contributed by atoms with Crippen LogP contribution < -0.4 is 5.32 Å². The molecule has 1 saturated carbocycles. The summed E-state index contributed by atoms with van der Waals surface area (Å²) in [7, 11) is -1.27. The van der Waals surface area contributed by atoms with Gasteiger partial charge in [-0.1, -0.05) is 12.8 Å². The molecule has 2 fully saturated rings. The number of hydrogen-bond donors (Lipinski definition) is 2. The van der Waals surface area contributed by atoms with Crippen LogP contribution in [-0.4, -0.2) is 50.4 Å². The number of carbonyl (C=O) groups excluding carboxylic acids is 1. The van der Waals surface area contributed by atoms with Gasteiger partial charge in [-0.15, -0.1) is 0 Å². The van der Waals surface area contributed by atoms with Crippen molar-refractivity contribution in [2.45, 2.75) is 62.3 Å². The molecule has 3 unspecified atom stereocenters. The zero-order valence-electron chi connectivity index (χ0n) is 12.3. The van der Waals surface area contributed by atoms with Gasteiger partial charge in [0.15, 0.2) is 0 Å². The SMILES string of the molecule is CC(=O)NC(CS(=O)C1CCOC2(CCCC2)C1)C(=O)O. The van der Waals surface area contributed by atoms with Crippen LogP contribution >= 0.6 is 0 Å². The molecule has 2 N–H and O–H groups in total. The van der Waals surface area contributed by atoms with E-state index in [4.69, 9.17) is 9.84 Å². The van der Waals surface area contributed by atoms with Crippen LogP contribution in [0.1, 0.15) is 45.4 Å². The Kier molecular flexibility index (Phi) is 5.37. The molecule has 0 bridgehead atoms. The predicted molar refractivity (Wildman–Crippen MR) is 78.4 cm³/mol. The third-order valence-electron chi connectivity index (χ3n) is 4.34. The van der Waals surface area contributed by atoms with E-state index in [1.54, 1.807) is 0 Å². The van der Waals surface area contributed by atoms with Gasteiger partial charge in [-0.05, 0) is 25.7 Å². The summed E-state index contributed by atoms with van der Waals surface area (Å²) in [6.07, 6.45) is 5.74. The summed E-state index contributed by atoms with van der Waals surface area (Å²) in [6.45, 7) is 1.86. The molecule has 1 amide bonds. The largest absolute Gasteiger partial charge is 0.480 e. The van der Waals surface area contributed by atoms with E-state index in [-0.39, 0.29) is 16.6 Å². The van der Waals surface area contributed by atoms with E-state index in [9.17, 15) is 13.8 Å². The topological polar surface area (TPSA) is 92.7 Å². The number of ether oxygens (including phenoxy) is 1. The molecule has 21 heavy (non-hydrogen) atoms. The Morgan fingerprint density at radius 3 is 2.67 bits per heavy atom. The van der Waals surface area contributed by atoms with Crippen LogP contribution in [0.25, 0.3) is 0 Å².